The van der Waals surface area contributed by atoms with Crippen molar-refractivity contribution in [1.29, 1.82) is 0 Å². The van der Waals surface area contributed by atoms with Crippen molar-refractivity contribution in [2.24, 2.45) is 11.3 Å². The van der Waals surface area contributed by atoms with Crippen LogP contribution in [0.4, 0.5) is 0 Å². The molecule has 0 spiro atoms. The monoisotopic (exact) mass is 377 g/mol. The van der Waals surface area contributed by atoms with E-state index in [-0.39, 0.29) is 5.41 Å². The second kappa shape index (κ2) is 6.19. The van der Waals surface area contributed by atoms with Crippen molar-refractivity contribution >= 4 is 16.9 Å². The Morgan fingerprint density at radius 3 is 2.86 bits per heavy atom. The summed E-state index contributed by atoms with van der Waals surface area (Å²) in [5.74, 6) is 0.834. The van der Waals surface area contributed by atoms with Gasteiger partial charge in [-0.2, -0.15) is 5.10 Å². The summed E-state index contributed by atoms with van der Waals surface area (Å²) in [6, 6.07) is 7.10. The van der Waals surface area contributed by atoms with Gasteiger partial charge in [0, 0.05) is 42.0 Å². The molecule has 0 aromatic carbocycles. The number of aromatic amines is 1. The molecular formula is C22H27N5O. The van der Waals surface area contributed by atoms with Gasteiger partial charge in [0.2, 0.25) is 5.91 Å². The standard InChI is InChI=1S/C22H27N5O/c1-22(2,3)21(28)27-16-4-6-19(27)14(10-16)13-26-9-8-18-20(26)7-5-17(25-18)15-11-23-24-12-15/h5,7-9,11-12,14,16,19H,4,6,10,13H2,1-3H3,(H,23,24). The number of pyridine rings is 1. The van der Waals surface area contributed by atoms with Gasteiger partial charge in [-0.1, -0.05) is 20.8 Å². The third kappa shape index (κ3) is 2.74. The van der Waals surface area contributed by atoms with E-state index in [9.17, 15) is 4.79 Å². The molecule has 0 radical (unpaired) electrons. The number of rotatable bonds is 3. The van der Waals surface area contributed by atoms with Crippen molar-refractivity contribution in [3.8, 4) is 11.3 Å². The van der Waals surface area contributed by atoms with Gasteiger partial charge in [0.1, 0.15) is 0 Å². The maximum Gasteiger partial charge on any atom is 0.228 e. The van der Waals surface area contributed by atoms with Crippen LogP contribution < -0.4 is 0 Å². The van der Waals surface area contributed by atoms with Crippen molar-refractivity contribution in [2.45, 2.75) is 58.7 Å². The van der Waals surface area contributed by atoms with Crippen molar-refractivity contribution in [2.75, 3.05) is 0 Å². The molecule has 0 aliphatic carbocycles. The van der Waals surface area contributed by atoms with Gasteiger partial charge in [-0.3, -0.25) is 9.89 Å². The van der Waals surface area contributed by atoms with Crippen LogP contribution in [0, 0.1) is 11.3 Å². The Balaban J connectivity index is 1.38. The third-order valence-corrected chi connectivity index (χ3v) is 6.39. The molecule has 3 aromatic rings. The fourth-order valence-electron chi connectivity index (χ4n) is 5.05. The molecule has 2 saturated heterocycles. The van der Waals surface area contributed by atoms with Crippen LogP contribution in [0.25, 0.3) is 22.3 Å². The Kier molecular flexibility index (Phi) is 3.86. The van der Waals surface area contributed by atoms with Crippen LogP contribution in [0.2, 0.25) is 0 Å². The number of carbonyl (C=O) groups is 1. The lowest BCUT2D eigenvalue weighted by atomic mass is 9.89. The van der Waals surface area contributed by atoms with E-state index in [1.807, 2.05) is 27.0 Å². The van der Waals surface area contributed by atoms with Crippen molar-refractivity contribution < 1.29 is 4.79 Å². The van der Waals surface area contributed by atoms with Crippen LogP contribution in [-0.4, -0.2) is 42.6 Å². The topological polar surface area (TPSA) is 66.8 Å². The van der Waals surface area contributed by atoms with Gasteiger partial charge in [-0.15, -0.1) is 0 Å². The Morgan fingerprint density at radius 1 is 1.25 bits per heavy atom. The summed E-state index contributed by atoms with van der Waals surface area (Å²) in [7, 11) is 0. The number of aromatic nitrogens is 4. The molecule has 6 heteroatoms. The van der Waals surface area contributed by atoms with Crippen LogP contribution in [-0.2, 0) is 11.3 Å². The van der Waals surface area contributed by atoms with Gasteiger partial charge >= 0.3 is 0 Å². The molecule has 1 amide bonds. The van der Waals surface area contributed by atoms with Crippen molar-refractivity contribution in [3.63, 3.8) is 0 Å². The smallest absolute Gasteiger partial charge is 0.228 e. The molecule has 2 bridgehead atoms. The van der Waals surface area contributed by atoms with Gasteiger partial charge in [-0.05, 0) is 43.4 Å². The lowest BCUT2D eigenvalue weighted by Crippen LogP contribution is -2.43. The second-order valence-corrected chi connectivity index (χ2v) is 9.31. The third-order valence-electron chi connectivity index (χ3n) is 6.39. The molecule has 5 rings (SSSR count). The molecule has 2 fully saturated rings. The largest absolute Gasteiger partial charge is 0.346 e. The lowest BCUT2D eigenvalue weighted by Gasteiger charge is -2.30. The number of hydrogen-bond acceptors (Lipinski definition) is 3. The van der Waals surface area contributed by atoms with Gasteiger partial charge in [0.05, 0.1) is 22.9 Å². The highest BCUT2D eigenvalue weighted by Gasteiger charge is 2.50. The summed E-state index contributed by atoms with van der Waals surface area (Å²) < 4.78 is 2.31. The molecule has 5 heterocycles. The number of amides is 1. The molecule has 28 heavy (non-hydrogen) atoms. The number of fused-ring (bicyclic) bond motifs is 3. The Hall–Kier alpha value is -2.63. The van der Waals surface area contributed by atoms with E-state index < -0.39 is 0 Å². The number of hydrogen-bond donors (Lipinski definition) is 1. The summed E-state index contributed by atoms with van der Waals surface area (Å²) in [6.07, 6.45) is 9.21. The lowest BCUT2D eigenvalue weighted by molar-refractivity contribution is -0.141. The first-order valence-corrected chi connectivity index (χ1v) is 10.2. The molecule has 2 aliphatic rings. The normalized spacial score (nSPS) is 24.4. The van der Waals surface area contributed by atoms with Gasteiger partial charge in [-0.25, -0.2) is 4.98 Å². The maximum absolute atomic E-state index is 12.9. The zero-order valence-electron chi connectivity index (χ0n) is 16.7. The molecule has 3 aromatic heterocycles. The summed E-state index contributed by atoms with van der Waals surface area (Å²) in [4.78, 5) is 19.9. The van der Waals surface area contributed by atoms with Crippen molar-refractivity contribution in [3.05, 3.63) is 36.8 Å². The molecule has 1 N–H and O–H groups in total. The predicted octanol–water partition coefficient (Wildman–Crippen LogP) is 3.85. The first-order valence-electron chi connectivity index (χ1n) is 10.2. The zero-order chi connectivity index (χ0) is 19.5. The van der Waals surface area contributed by atoms with Crippen LogP contribution >= 0.6 is 0 Å². The van der Waals surface area contributed by atoms with E-state index in [0.29, 0.717) is 23.9 Å². The molecule has 146 valence electrons. The zero-order valence-corrected chi connectivity index (χ0v) is 16.7. The fraction of sp³-hybridized carbons (Fsp3) is 0.500. The predicted molar refractivity (Wildman–Crippen MR) is 109 cm³/mol. The maximum atomic E-state index is 12.9. The van der Waals surface area contributed by atoms with Crippen LogP contribution in [0.5, 0.6) is 0 Å². The van der Waals surface area contributed by atoms with Gasteiger partial charge in [0.25, 0.3) is 0 Å². The molecular weight excluding hydrogens is 350 g/mol. The molecule has 6 nitrogen and oxygen atoms in total. The second-order valence-electron chi connectivity index (χ2n) is 9.31. The SMILES string of the molecule is CC(C)(C)C(=O)N1C2CCC1C(Cn1ccc3nc(-c4cn[nH]c4)ccc31)C2. The summed E-state index contributed by atoms with van der Waals surface area (Å²) in [6.45, 7) is 7.05. The van der Waals surface area contributed by atoms with E-state index in [4.69, 9.17) is 4.98 Å². The Bertz CT molecular complexity index is 1010. The minimum absolute atomic E-state index is 0.302. The number of H-pyrrole nitrogens is 1. The number of nitrogens with zero attached hydrogens (tertiary/aromatic N) is 4. The van der Waals surface area contributed by atoms with E-state index >= 15 is 0 Å². The molecule has 0 saturated carbocycles. The minimum atomic E-state index is -0.302. The van der Waals surface area contributed by atoms with E-state index in [0.717, 1.165) is 48.1 Å². The quantitative estimate of drug-likeness (QED) is 0.754. The summed E-state index contributed by atoms with van der Waals surface area (Å²) >= 11 is 0. The van der Waals surface area contributed by atoms with Gasteiger partial charge < -0.3 is 9.47 Å². The summed E-state index contributed by atoms with van der Waals surface area (Å²) in [5, 5.41) is 6.85. The number of nitrogens with one attached hydrogen (secondary N) is 1. The average Bonchev–Trinajstić information content (AvgIpc) is 3.44. The molecule has 3 unspecified atom stereocenters. The minimum Gasteiger partial charge on any atom is -0.346 e. The highest BCUT2D eigenvalue weighted by atomic mass is 16.2. The van der Waals surface area contributed by atoms with E-state index in [2.05, 4.69) is 44.1 Å². The van der Waals surface area contributed by atoms with E-state index in [1.54, 1.807) is 6.20 Å². The summed E-state index contributed by atoms with van der Waals surface area (Å²) in [5.41, 5.74) is 3.79. The first-order chi connectivity index (χ1) is 13.4. The first kappa shape index (κ1) is 17.5. The fourth-order valence-corrected chi connectivity index (χ4v) is 5.05. The van der Waals surface area contributed by atoms with Gasteiger partial charge in [0.15, 0.2) is 0 Å². The van der Waals surface area contributed by atoms with Crippen LogP contribution in [0.15, 0.2) is 36.8 Å². The van der Waals surface area contributed by atoms with Crippen molar-refractivity contribution in [1.82, 2.24) is 24.6 Å². The molecule has 2 aliphatic heterocycles. The highest BCUT2D eigenvalue weighted by molar-refractivity contribution is 5.83. The van der Waals surface area contributed by atoms with Crippen LogP contribution in [0.3, 0.4) is 0 Å². The van der Waals surface area contributed by atoms with Crippen LogP contribution in [0.1, 0.15) is 40.0 Å². The molecule has 3 atom stereocenters. The average molecular weight is 377 g/mol. The van der Waals surface area contributed by atoms with E-state index in [1.165, 1.54) is 0 Å². The Labute approximate surface area is 164 Å². The Morgan fingerprint density at radius 2 is 2.11 bits per heavy atom. The number of carbonyl (C=O) groups excluding carboxylic acids is 1. The highest BCUT2D eigenvalue weighted by Crippen LogP contribution is 2.44.